The lowest BCUT2D eigenvalue weighted by Gasteiger charge is -2.22. The van der Waals surface area contributed by atoms with Gasteiger partial charge in [0.15, 0.2) is 0 Å². The predicted molar refractivity (Wildman–Crippen MR) is 53.5 cm³/mol. The molecule has 2 aromatic rings. The lowest BCUT2D eigenvalue weighted by atomic mass is 10.0. The third kappa shape index (κ3) is 0.923. The summed E-state index contributed by atoms with van der Waals surface area (Å²) in [4.78, 5) is 5.65. The van der Waals surface area contributed by atoms with E-state index in [1.807, 2.05) is 0 Å². The van der Waals surface area contributed by atoms with Gasteiger partial charge in [0.1, 0.15) is 0 Å². The second-order valence-electron chi connectivity index (χ2n) is 3.83. The Morgan fingerprint density at radius 3 is 3.00 bits per heavy atom. The molecule has 0 fully saturated rings. The first kappa shape index (κ1) is 7.15. The van der Waals surface area contributed by atoms with Crippen LogP contribution in [0.2, 0.25) is 0 Å². The molecule has 3 rings (SSSR count). The van der Waals surface area contributed by atoms with Crippen molar-refractivity contribution in [1.29, 1.82) is 0 Å². The monoisotopic (exact) mass is 172 g/mol. The van der Waals surface area contributed by atoms with Crippen molar-refractivity contribution in [2.75, 3.05) is 7.05 Å². The third-order valence-electron chi connectivity index (χ3n) is 2.75. The second kappa shape index (κ2) is 2.36. The molecule has 0 unspecified atom stereocenters. The van der Waals surface area contributed by atoms with Gasteiger partial charge in [-0.3, -0.25) is 4.90 Å². The molecule has 1 aromatic carbocycles. The molecule has 0 atom stereocenters. The molecule has 0 radical (unpaired) electrons. The number of nitrogens with one attached hydrogen (secondary N) is 1. The van der Waals surface area contributed by atoms with E-state index in [-0.39, 0.29) is 0 Å². The number of H-pyrrole nitrogens is 1. The average Bonchev–Trinajstić information content (AvgIpc) is 2.50. The summed E-state index contributed by atoms with van der Waals surface area (Å²) in [5.74, 6) is 0. The summed E-state index contributed by atoms with van der Waals surface area (Å²) < 4.78 is 0. The maximum Gasteiger partial charge on any atom is 0.0460 e. The van der Waals surface area contributed by atoms with Crippen LogP contribution in [0.4, 0.5) is 0 Å². The van der Waals surface area contributed by atoms with Crippen molar-refractivity contribution in [2.45, 2.75) is 13.1 Å². The largest absolute Gasteiger partial charge is 0.361 e. The van der Waals surface area contributed by atoms with Crippen molar-refractivity contribution in [3.05, 3.63) is 35.5 Å². The van der Waals surface area contributed by atoms with Crippen LogP contribution < -0.4 is 0 Å². The smallest absolute Gasteiger partial charge is 0.0460 e. The Bertz CT molecular complexity index is 456. The van der Waals surface area contributed by atoms with E-state index in [0.717, 1.165) is 13.1 Å². The van der Waals surface area contributed by atoms with Gasteiger partial charge >= 0.3 is 0 Å². The van der Waals surface area contributed by atoms with Gasteiger partial charge in [0.05, 0.1) is 0 Å². The summed E-state index contributed by atoms with van der Waals surface area (Å²) in [5, 5.41) is 1.44. The minimum Gasteiger partial charge on any atom is -0.361 e. The lowest BCUT2D eigenvalue weighted by Crippen LogP contribution is -2.20. The molecular formula is C11H12N2. The van der Waals surface area contributed by atoms with Crippen LogP contribution >= 0.6 is 0 Å². The van der Waals surface area contributed by atoms with E-state index in [4.69, 9.17) is 0 Å². The quantitative estimate of drug-likeness (QED) is 0.645. The maximum absolute atomic E-state index is 3.31. The van der Waals surface area contributed by atoms with E-state index in [1.165, 1.54) is 22.0 Å². The first-order valence-electron chi connectivity index (χ1n) is 4.61. The Morgan fingerprint density at radius 2 is 2.08 bits per heavy atom. The zero-order valence-electron chi connectivity index (χ0n) is 7.67. The number of hydrogen-bond donors (Lipinski definition) is 1. The van der Waals surface area contributed by atoms with Gasteiger partial charge in [-0.1, -0.05) is 12.1 Å². The van der Waals surface area contributed by atoms with E-state index < -0.39 is 0 Å². The number of hydrogen-bond acceptors (Lipinski definition) is 1. The number of nitrogens with zero attached hydrogens (tertiary/aromatic N) is 1. The fraction of sp³-hybridized carbons (Fsp3) is 0.273. The third-order valence-corrected chi connectivity index (χ3v) is 2.75. The zero-order chi connectivity index (χ0) is 8.84. The van der Waals surface area contributed by atoms with Crippen molar-refractivity contribution in [3.63, 3.8) is 0 Å². The van der Waals surface area contributed by atoms with E-state index in [2.05, 4.69) is 41.3 Å². The highest BCUT2D eigenvalue weighted by Gasteiger charge is 2.15. The van der Waals surface area contributed by atoms with Crippen LogP contribution in [0.25, 0.3) is 10.9 Å². The molecule has 1 aromatic heterocycles. The summed E-state index contributed by atoms with van der Waals surface area (Å²) >= 11 is 0. The molecule has 66 valence electrons. The van der Waals surface area contributed by atoms with E-state index >= 15 is 0 Å². The van der Waals surface area contributed by atoms with Crippen LogP contribution in [0.5, 0.6) is 0 Å². The fourth-order valence-electron chi connectivity index (χ4n) is 2.23. The minimum absolute atomic E-state index is 1.07. The molecule has 13 heavy (non-hydrogen) atoms. The van der Waals surface area contributed by atoms with Crippen LogP contribution in [0.3, 0.4) is 0 Å². The summed E-state index contributed by atoms with van der Waals surface area (Å²) in [6.07, 6.45) is 2.13. The zero-order valence-corrected chi connectivity index (χ0v) is 7.67. The topological polar surface area (TPSA) is 19.0 Å². The van der Waals surface area contributed by atoms with Crippen molar-refractivity contribution >= 4 is 10.9 Å². The molecule has 2 heteroatoms. The summed E-state index contributed by atoms with van der Waals surface area (Å²) in [6, 6.07) is 6.49. The molecule has 1 aliphatic rings. The van der Waals surface area contributed by atoms with Crippen LogP contribution in [0, 0.1) is 0 Å². The van der Waals surface area contributed by atoms with Gasteiger partial charge in [-0.25, -0.2) is 0 Å². The molecular weight excluding hydrogens is 160 g/mol. The van der Waals surface area contributed by atoms with Crippen molar-refractivity contribution in [3.8, 4) is 0 Å². The summed E-state index contributed by atoms with van der Waals surface area (Å²) in [6.45, 7) is 2.14. The molecule has 2 heterocycles. The summed E-state index contributed by atoms with van der Waals surface area (Å²) in [7, 11) is 2.16. The van der Waals surface area contributed by atoms with Crippen LogP contribution in [-0.4, -0.2) is 16.9 Å². The SMILES string of the molecule is CN1Cc2cccc3[nH]cc(c23)C1. The second-order valence-corrected chi connectivity index (χ2v) is 3.83. The minimum atomic E-state index is 1.07. The van der Waals surface area contributed by atoms with Gasteiger partial charge < -0.3 is 4.98 Å². The van der Waals surface area contributed by atoms with Gasteiger partial charge in [0.25, 0.3) is 0 Å². The number of benzene rings is 1. The molecule has 1 aliphatic heterocycles. The first-order valence-corrected chi connectivity index (χ1v) is 4.61. The highest BCUT2D eigenvalue weighted by molar-refractivity contribution is 5.87. The van der Waals surface area contributed by atoms with Crippen molar-refractivity contribution in [2.24, 2.45) is 0 Å². The van der Waals surface area contributed by atoms with Gasteiger partial charge in [0, 0.05) is 30.2 Å². The molecule has 2 nitrogen and oxygen atoms in total. The molecule has 0 aliphatic carbocycles. The lowest BCUT2D eigenvalue weighted by molar-refractivity contribution is 0.314. The average molecular weight is 172 g/mol. The van der Waals surface area contributed by atoms with Gasteiger partial charge in [-0.05, 0) is 24.2 Å². The van der Waals surface area contributed by atoms with Crippen LogP contribution in [0.15, 0.2) is 24.4 Å². The Kier molecular flexibility index (Phi) is 1.30. The van der Waals surface area contributed by atoms with E-state index in [0.29, 0.717) is 0 Å². The Balaban J connectivity index is 2.38. The Hall–Kier alpha value is -1.28. The number of rotatable bonds is 0. The molecule has 0 saturated carbocycles. The number of aromatic nitrogens is 1. The van der Waals surface area contributed by atoms with Gasteiger partial charge in [-0.2, -0.15) is 0 Å². The van der Waals surface area contributed by atoms with Gasteiger partial charge in [0.2, 0.25) is 0 Å². The summed E-state index contributed by atoms with van der Waals surface area (Å²) in [5.41, 5.74) is 4.16. The molecule has 0 saturated heterocycles. The van der Waals surface area contributed by atoms with Crippen molar-refractivity contribution in [1.82, 2.24) is 9.88 Å². The Morgan fingerprint density at radius 1 is 1.23 bits per heavy atom. The molecule has 0 spiro atoms. The molecule has 0 bridgehead atoms. The van der Waals surface area contributed by atoms with E-state index in [1.54, 1.807) is 0 Å². The van der Waals surface area contributed by atoms with Crippen LogP contribution in [0.1, 0.15) is 11.1 Å². The Labute approximate surface area is 77.2 Å². The fourth-order valence-corrected chi connectivity index (χ4v) is 2.23. The predicted octanol–water partition coefficient (Wildman–Crippen LogP) is 2.11. The van der Waals surface area contributed by atoms with E-state index in [9.17, 15) is 0 Å². The highest BCUT2D eigenvalue weighted by atomic mass is 15.1. The highest BCUT2D eigenvalue weighted by Crippen LogP contribution is 2.28. The molecule has 1 N–H and O–H groups in total. The first-order chi connectivity index (χ1) is 6.34. The van der Waals surface area contributed by atoms with Crippen molar-refractivity contribution < 1.29 is 0 Å². The number of aromatic amines is 1. The maximum atomic E-state index is 3.31. The normalized spacial score (nSPS) is 16.7. The standard InChI is InChI=1S/C11H12N2/c1-13-6-8-3-2-4-10-11(8)9(7-13)5-12-10/h2-5,12H,6-7H2,1H3. The molecule has 0 amide bonds. The van der Waals surface area contributed by atoms with Gasteiger partial charge in [-0.15, -0.1) is 0 Å². The van der Waals surface area contributed by atoms with Crippen LogP contribution in [-0.2, 0) is 13.1 Å².